The molecule has 0 aliphatic carbocycles. The molecule has 3 aromatic rings. The number of nitrogens with zero attached hydrogens (tertiary/aromatic N) is 7. The smallest absolute Gasteiger partial charge is 0.226 e. The average Bonchev–Trinajstić information content (AvgIpc) is 3.32. The third kappa shape index (κ3) is 5.77. The first-order chi connectivity index (χ1) is 18.2. The van der Waals surface area contributed by atoms with Gasteiger partial charge in [0.15, 0.2) is 0 Å². The number of likely N-dealkylation sites (N-methyl/N-ethyl adjacent to an activating group) is 1. The van der Waals surface area contributed by atoms with E-state index in [9.17, 15) is 8.42 Å². The van der Waals surface area contributed by atoms with E-state index >= 15 is 0 Å². The van der Waals surface area contributed by atoms with E-state index in [0.717, 1.165) is 67.3 Å². The minimum Gasteiger partial charge on any atom is -0.481 e. The van der Waals surface area contributed by atoms with Crippen LogP contribution in [0, 0.1) is 0 Å². The number of pyridine rings is 1. The molecule has 2 fully saturated rings. The van der Waals surface area contributed by atoms with Gasteiger partial charge in [-0.05, 0) is 18.5 Å². The zero-order chi connectivity index (χ0) is 26.9. The number of piperazine rings is 1. The van der Waals surface area contributed by atoms with E-state index in [2.05, 4.69) is 32.1 Å². The Morgan fingerprint density at radius 1 is 1.08 bits per heavy atom. The zero-order valence-corrected chi connectivity index (χ0v) is 24.0. The lowest BCUT2D eigenvalue weighted by atomic mass is 10.1. The number of aromatic nitrogens is 3. The molecule has 0 amide bonds. The van der Waals surface area contributed by atoms with E-state index in [-0.39, 0.29) is 5.75 Å². The van der Waals surface area contributed by atoms with Crippen molar-refractivity contribution in [1.29, 1.82) is 0 Å². The van der Waals surface area contributed by atoms with Crippen molar-refractivity contribution in [2.24, 2.45) is 0 Å². The number of morpholine rings is 1. The molecule has 0 unspecified atom stereocenters. The summed E-state index contributed by atoms with van der Waals surface area (Å²) >= 11 is 1.62. The minimum absolute atomic E-state index is 0.215. The fraction of sp³-hybridized carbons (Fsp3) is 0.560. The SMILES string of the molecule is COc1ncc(-c2nc(N3CCOCC3)nc3c(CN4CCN(C)CC4)csc23)cc1CS(=O)(=O)N(C)C. The van der Waals surface area contributed by atoms with Crippen LogP contribution in [0.25, 0.3) is 21.5 Å². The second kappa shape index (κ2) is 11.4. The van der Waals surface area contributed by atoms with Gasteiger partial charge in [-0.25, -0.2) is 27.7 Å². The van der Waals surface area contributed by atoms with Gasteiger partial charge in [-0.2, -0.15) is 0 Å². The highest BCUT2D eigenvalue weighted by Gasteiger charge is 2.24. The van der Waals surface area contributed by atoms with Crippen LogP contribution in [-0.2, 0) is 27.1 Å². The van der Waals surface area contributed by atoms with Crippen molar-refractivity contribution in [3.63, 3.8) is 0 Å². The van der Waals surface area contributed by atoms with Crippen molar-refractivity contribution >= 4 is 37.5 Å². The van der Waals surface area contributed by atoms with E-state index in [0.29, 0.717) is 30.6 Å². The molecule has 2 saturated heterocycles. The fourth-order valence-corrected chi connectivity index (χ4v) is 6.52. The van der Waals surface area contributed by atoms with Gasteiger partial charge in [0.25, 0.3) is 0 Å². The van der Waals surface area contributed by atoms with E-state index in [4.69, 9.17) is 19.4 Å². The number of ether oxygens (including phenoxy) is 2. The first-order valence-corrected chi connectivity index (χ1v) is 15.2. The second-order valence-corrected chi connectivity index (χ2v) is 13.0. The second-order valence-electron chi connectivity index (χ2n) is 9.92. The molecule has 0 spiro atoms. The maximum Gasteiger partial charge on any atom is 0.226 e. The largest absolute Gasteiger partial charge is 0.481 e. The molecular weight excluding hydrogens is 526 g/mol. The van der Waals surface area contributed by atoms with Crippen LogP contribution >= 0.6 is 11.3 Å². The van der Waals surface area contributed by atoms with E-state index in [1.165, 1.54) is 31.1 Å². The van der Waals surface area contributed by atoms with Gasteiger partial charge in [-0.1, -0.05) is 0 Å². The highest BCUT2D eigenvalue weighted by Crippen LogP contribution is 2.36. The lowest BCUT2D eigenvalue weighted by Gasteiger charge is -2.32. The molecule has 0 atom stereocenters. The Hall–Kier alpha value is -2.42. The monoisotopic (exact) mass is 561 g/mol. The first kappa shape index (κ1) is 27.2. The van der Waals surface area contributed by atoms with Crippen LogP contribution in [0.1, 0.15) is 11.1 Å². The number of rotatable bonds is 8. The van der Waals surface area contributed by atoms with E-state index in [1.54, 1.807) is 17.5 Å². The highest BCUT2D eigenvalue weighted by atomic mass is 32.2. The normalized spacial score (nSPS) is 18.0. The quantitative estimate of drug-likeness (QED) is 0.404. The predicted octanol–water partition coefficient (Wildman–Crippen LogP) is 1.74. The molecule has 3 aromatic heterocycles. The van der Waals surface area contributed by atoms with E-state index in [1.807, 2.05) is 6.07 Å². The van der Waals surface area contributed by atoms with Crippen molar-refractivity contribution < 1.29 is 17.9 Å². The average molecular weight is 562 g/mol. The third-order valence-corrected chi connectivity index (χ3v) is 9.86. The molecule has 11 nitrogen and oxygen atoms in total. The number of sulfonamides is 1. The number of anilines is 1. The number of thiophene rings is 1. The van der Waals surface area contributed by atoms with Gasteiger partial charge in [0, 0.05) is 82.8 Å². The molecule has 2 aliphatic heterocycles. The molecule has 2 aliphatic rings. The van der Waals surface area contributed by atoms with Crippen LogP contribution in [0.15, 0.2) is 17.6 Å². The molecule has 0 radical (unpaired) electrons. The Morgan fingerprint density at radius 3 is 2.50 bits per heavy atom. The molecule has 38 heavy (non-hydrogen) atoms. The Labute approximate surface area is 228 Å². The van der Waals surface area contributed by atoms with Crippen molar-refractivity contribution in [3.8, 4) is 17.1 Å². The molecule has 13 heteroatoms. The van der Waals surface area contributed by atoms with Gasteiger partial charge in [-0.15, -0.1) is 11.3 Å². The number of hydrogen-bond donors (Lipinski definition) is 0. The Kier molecular flexibility index (Phi) is 8.12. The lowest BCUT2D eigenvalue weighted by Crippen LogP contribution is -2.43. The molecule has 0 saturated carbocycles. The maximum atomic E-state index is 12.7. The van der Waals surface area contributed by atoms with Crippen molar-refractivity contribution in [1.82, 2.24) is 29.1 Å². The summed E-state index contributed by atoms with van der Waals surface area (Å²) in [6.45, 7) is 7.68. The Balaban J connectivity index is 1.59. The summed E-state index contributed by atoms with van der Waals surface area (Å²) in [5.41, 5.74) is 4.12. The van der Waals surface area contributed by atoms with E-state index < -0.39 is 10.0 Å². The summed E-state index contributed by atoms with van der Waals surface area (Å²) in [4.78, 5) is 21.5. The third-order valence-electron chi connectivity index (χ3n) is 7.05. The van der Waals surface area contributed by atoms with Crippen molar-refractivity contribution in [2.75, 3.05) is 85.6 Å². The summed E-state index contributed by atoms with van der Waals surface area (Å²) in [5, 5.41) is 2.18. The van der Waals surface area contributed by atoms with Crippen LogP contribution in [0.4, 0.5) is 5.95 Å². The van der Waals surface area contributed by atoms with Crippen LogP contribution in [-0.4, -0.2) is 118 Å². The zero-order valence-electron chi connectivity index (χ0n) is 22.4. The first-order valence-electron chi connectivity index (χ1n) is 12.7. The predicted molar refractivity (Wildman–Crippen MR) is 149 cm³/mol. The summed E-state index contributed by atoms with van der Waals surface area (Å²) in [5.74, 6) is 0.736. The molecule has 5 rings (SSSR count). The molecule has 5 heterocycles. The number of fused-ring (bicyclic) bond motifs is 1. The van der Waals surface area contributed by atoms with Gasteiger partial charge < -0.3 is 19.3 Å². The van der Waals surface area contributed by atoms with Crippen LogP contribution < -0.4 is 9.64 Å². The molecule has 0 bridgehead atoms. The maximum absolute atomic E-state index is 12.7. The molecule has 0 aromatic carbocycles. The van der Waals surface area contributed by atoms with Crippen LogP contribution in [0.3, 0.4) is 0 Å². The number of methoxy groups -OCH3 is 1. The Morgan fingerprint density at radius 2 is 1.82 bits per heavy atom. The standard InChI is InChI=1S/C25H35N7O4S2/c1-29(2)38(33,34)17-19-13-18(14-26-24(19)35-4)21-23-22(28-25(27-21)32-9-11-36-12-10-32)20(16-37-23)15-31-7-5-30(3)6-8-31/h13-14,16H,5-12,15,17H2,1-4H3. The molecule has 206 valence electrons. The minimum atomic E-state index is -3.51. The van der Waals surface area contributed by atoms with Crippen LogP contribution in [0.2, 0.25) is 0 Å². The van der Waals surface area contributed by atoms with Gasteiger partial charge in [0.1, 0.15) is 0 Å². The van der Waals surface area contributed by atoms with Crippen LogP contribution in [0.5, 0.6) is 5.88 Å². The highest BCUT2D eigenvalue weighted by molar-refractivity contribution is 7.88. The van der Waals surface area contributed by atoms with Gasteiger partial charge in [0.2, 0.25) is 21.9 Å². The van der Waals surface area contributed by atoms with Crippen molar-refractivity contribution in [3.05, 3.63) is 28.8 Å². The van der Waals surface area contributed by atoms with Gasteiger partial charge in [0.05, 0.1) is 42.0 Å². The Bertz CT molecular complexity index is 1380. The van der Waals surface area contributed by atoms with Crippen molar-refractivity contribution in [2.45, 2.75) is 12.3 Å². The molecular formula is C25H35N7O4S2. The fourth-order valence-electron chi connectivity index (χ4n) is 4.65. The molecule has 0 N–H and O–H groups in total. The lowest BCUT2D eigenvalue weighted by molar-refractivity contribution is 0.122. The summed E-state index contributed by atoms with van der Waals surface area (Å²) < 4.78 is 38.5. The van der Waals surface area contributed by atoms with Gasteiger partial charge in [-0.3, -0.25) is 4.90 Å². The summed E-state index contributed by atoms with van der Waals surface area (Å²) in [6.07, 6.45) is 1.70. The summed E-state index contributed by atoms with van der Waals surface area (Å²) in [6, 6.07) is 1.83. The van der Waals surface area contributed by atoms with Gasteiger partial charge >= 0.3 is 0 Å². The number of hydrogen-bond acceptors (Lipinski definition) is 11. The summed E-state index contributed by atoms with van der Waals surface area (Å²) in [7, 11) is 3.19. The topological polar surface area (TPSA) is 104 Å².